The molecule has 0 aliphatic heterocycles. The van der Waals surface area contributed by atoms with Crippen LogP contribution in [0.3, 0.4) is 0 Å². The zero-order valence-electron chi connectivity index (χ0n) is 15.8. The number of carbonyl (C=O) groups is 2. The van der Waals surface area contributed by atoms with Gasteiger partial charge in [0.05, 0.1) is 5.75 Å². The lowest BCUT2D eigenvalue weighted by atomic mass is 9.86. The van der Waals surface area contributed by atoms with Gasteiger partial charge in [0.15, 0.2) is 4.34 Å². The largest absolute Gasteiger partial charge is 0.356 e. The van der Waals surface area contributed by atoms with Crippen molar-refractivity contribution < 1.29 is 9.59 Å². The van der Waals surface area contributed by atoms with E-state index in [2.05, 4.69) is 33.1 Å². The number of benzene rings is 1. The minimum absolute atomic E-state index is 0.126. The van der Waals surface area contributed by atoms with Crippen LogP contribution in [0.25, 0.3) is 0 Å². The monoisotopic (exact) mass is 419 g/mol. The zero-order valence-corrected chi connectivity index (χ0v) is 17.4. The predicted octanol–water partition coefficient (Wildman–Crippen LogP) is 3.65. The highest BCUT2D eigenvalue weighted by Crippen LogP contribution is 2.26. The number of hydrogen-bond donors (Lipinski definition) is 3. The molecule has 150 valence electrons. The van der Waals surface area contributed by atoms with Crippen molar-refractivity contribution in [1.29, 1.82) is 0 Å². The Bertz CT molecular complexity index is 784. The van der Waals surface area contributed by atoms with Crippen LogP contribution in [0.5, 0.6) is 0 Å². The van der Waals surface area contributed by atoms with Gasteiger partial charge in [0.25, 0.3) is 0 Å². The van der Waals surface area contributed by atoms with E-state index in [1.165, 1.54) is 29.5 Å². The van der Waals surface area contributed by atoms with Gasteiger partial charge in [0.1, 0.15) is 0 Å². The van der Waals surface area contributed by atoms with Crippen LogP contribution in [0, 0.1) is 5.92 Å². The molecule has 0 saturated heterocycles. The van der Waals surface area contributed by atoms with Crippen molar-refractivity contribution in [3.8, 4) is 0 Å². The lowest BCUT2D eigenvalue weighted by Crippen LogP contribution is -2.48. The predicted molar refractivity (Wildman–Crippen MR) is 112 cm³/mol. The van der Waals surface area contributed by atoms with Gasteiger partial charge >= 0.3 is 6.03 Å². The fraction of sp³-hybridized carbons (Fsp3) is 0.474. The molecule has 3 rings (SSSR count). The van der Waals surface area contributed by atoms with E-state index in [-0.39, 0.29) is 17.7 Å². The van der Waals surface area contributed by atoms with Crippen molar-refractivity contribution in [1.82, 2.24) is 20.8 Å². The SMILES string of the molecule is C[C@@H]1CCCC[C@@H]1NC(=O)NC(=O)CSc1nnc(NCc2ccccc2)s1. The first-order chi connectivity index (χ1) is 13.6. The Morgan fingerprint density at radius 3 is 2.75 bits per heavy atom. The Labute approximate surface area is 173 Å². The van der Waals surface area contributed by atoms with Crippen molar-refractivity contribution in [2.45, 2.75) is 49.5 Å². The van der Waals surface area contributed by atoms with Crippen LogP contribution in [0.2, 0.25) is 0 Å². The summed E-state index contributed by atoms with van der Waals surface area (Å²) in [6.45, 7) is 2.81. The van der Waals surface area contributed by atoms with E-state index in [0.717, 1.165) is 24.8 Å². The maximum Gasteiger partial charge on any atom is 0.321 e. The van der Waals surface area contributed by atoms with Crippen LogP contribution >= 0.6 is 23.1 Å². The molecule has 3 N–H and O–H groups in total. The zero-order chi connectivity index (χ0) is 19.8. The normalized spacial score (nSPS) is 19.0. The van der Waals surface area contributed by atoms with Gasteiger partial charge in [-0.15, -0.1) is 10.2 Å². The second-order valence-electron chi connectivity index (χ2n) is 6.89. The average molecular weight is 420 g/mol. The van der Waals surface area contributed by atoms with Gasteiger partial charge in [0, 0.05) is 12.6 Å². The Kier molecular flexibility index (Phi) is 7.67. The van der Waals surface area contributed by atoms with Crippen molar-refractivity contribution in [2.75, 3.05) is 11.1 Å². The third-order valence-corrected chi connectivity index (χ3v) is 6.71. The van der Waals surface area contributed by atoms with E-state index in [1.807, 2.05) is 30.3 Å². The molecule has 3 amide bonds. The number of imide groups is 1. The highest BCUT2D eigenvalue weighted by atomic mass is 32.2. The highest BCUT2D eigenvalue weighted by molar-refractivity contribution is 8.01. The van der Waals surface area contributed by atoms with E-state index in [4.69, 9.17) is 0 Å². The molecule has 0 unspecified atom stereocenters. The molecule has 0 bridgehead atoms. The van der Waals surface area contributed by atoms with Crippen LogP contribution in [-0.2, 0) is 11.3 Å². The second kappa shape index (κ2) is 10.4. The van der Waals surface area contributed by atoms with Crippen molar-refractivity contribution in [3.63, 3.8) is 0 Å². The summed E-state index contributed by atoms with van der Waals surface area (Å²) in [5, 5.41) is 17.4. The molecule has 7 nitrogen and oxygen atoms in total. The molecular weight excluding hydrogens is 394 g/mol. The number of amides is 3. The number of urea groups is 1. The summed E-state index contributed by atoms with van der Waals surface area (Å²) in [7, 11) is 0. The first-order valence-corrected chi connectivity index (χ1v) is 11.2. The summed E-state index contributed by atoms with van der Waals surface area (Å²) in [5.41, 5.74) is 1.16. The van der Waals surface area contributed by atoms with Crippen LogP contribution in [0.1, 0.15) is 38.2 Å². The van der Waals surface area contributed by atoms with E-state index < -0.39 is 6.03 Å². The minimum atomic E-state index is -0.410. The van der Waals surface area contributed by atoms with Gasteiger partial charge in [0.2, 0.25) is 11.0 Å². The van der Waals surface area contributed by atoms with Gasteiger partial charge in [-0.2, -0.15) is 0 Å². The first kappa shape index (κ1) is 20.6. The maximum absolute atomic E-state index is 12.0. The molecule has 28 heavy (non-hydrogen) atoms. The molecule has 2 aromatic rings. The fourth-order valence-electron chi connectivity index (χ4n) is 3.14. The summed E-state index contributed by atoms with van der Waals surface area (Å²) in [6.07, 6.45) is 4.42. The molecule has 0 radical (unpaired) electrons. The molecule has 2 atom stereocenters. The van der Waals surface area contributed by atoms with Crippen LogP contribution in [-0.4, -0.2) is 33.9 Å². The van der Waals surface area contributed by atoms with Crippen LogP contribution in [0.15, 0.2) is 34.7 Å². The topological polar surface area (TPSA) is 96.0 Å². The molecule has 1 heterocycles. The third kappa shape index (κ3) is 6.49. The maximum atomic E-state index is 12.0. The second-order valence-corrected chi connectivity index (χ2v) is 9.09. The molecule has 1 aliphatic rings. The number of anilines is 1. The molecule has 1 aromatic heterocycles. The van der Waals surface area contributed by atoms with Gasteiger partial charge < -0.3 is 10.6 Å². The van der Waals surface area contributed by atoms with Crippen LogP contribution in [0.4, 0.5) is 9.93 Å². The highest BCUT2D eigenvalue weighted by Gasteiger charge is 2.23. The molecular formula is C19H25N5O2S2. The molecule has 1 aliphatic carbocycles. The standard InChI is InChI=1S/C19H25N5O2S2/c1-13-7-5-6-10-15(13)21-17(26)22-16(25)12-27-19-24-23-18(28-19)20-11-14-8-3-2-4-9-14/h2-4,8-9,13,15H,5-7,10-12H2,1H3,(H,20,23)(H2,21,22,25,26)/t13-,15+/m1/s1. The number of nitrogens with one attached hydrogen (secondary N) is 3. The summed E-state index contributed by atoms with van der Waals surface area (Å²) in [6, 6.07) is 9.76. The molecule has 1 aromatic carbocycles. The number of hydrogen-bond acceptors (Lipinski definition) is 7. The lowest BCUT2D eigenvalue weighted by Gasteiger charge is -2.29. The fourth-order valence-corrected chi connectivity index (χ4v) is 4.69. The number of carbonyl (C=O) groups excluding carboxylic acids is 2. The lowest BCUT2D eigenvalue weighted by molar-refractivity contribution is -0.117. The summed E-state index contributed by atoms with van der Waals surface area (Å²) < 4.78 is 0.687. The van der Waals surface area contributed by atoms with Crippen molar-refractivity contribution >= 4 is 40.2 Å². The van der Waals surface area contributed by atoms with Gasteiger partial charge in [-0.05, 0) is 24.3 Å². The van der Waals surface area contributed by atoms with Gasteiger partial charge in [-0.25, -0.2) is 4.79 Å². The summed E-state index contributed by atoms with van der Waals surface area (Å²) >= 11 is 2.66. The van der Waals surface area contributed by atoms with E-state index in [0.29, 0.717) is 21.9 Å². The summed E-state index contributed by atoms with van der Waals surface area (Å²) in [5.74, 6) is 0.244. The third-order valence-electron chi connectivity index (χ3n) is 4.70. The number of thioether (sulfide) groups is 1. The van der Waals surface area contributed by atoms with Crippen molar-refractivity contribution in [3.05, 3.63) is 35.9 Å². The smallest absolute Gasteiger partial charge is 0.321 e. The average Bonchev–Trinajstić information content (AvgIpc) is 3.15. The molecule has 1 fully saturated rings. The molecule has 0 spiro atoms. The van der Waals surface area contributed by atoms with Crippen LogP contribution < -0.4 is 16.0 Å². The number of rotatable bonds is 7. The number of aromatic nitrogens is 2. The van der Waals surface area contributed by atoms with Crippen molar-refractivity contribution in [2.24, 2.45) is 5.92 Å². The molecule has 9 heteroatoms. The summed E-state index contributed by atoms with van der Waals surface area (Å²) in [4.78, 5) is 24.0. The quantitative estimate of drug-likeness (QED) is 0.593. The van der Waals surface area contributed by atoms with E-state index in [9.17, 15) is 9.59 Å². The Hall–Kier alpha value is -2.13. The van der Waals surface area contributed by atoms with E-state index in [1.54, 1.807) is 0 Å². The Morgan fingerprint density at radius 2 is 1.96 bits per heavy atom. The van der Waals surface area contributed by atoms with E-state index >= 15 is 0 Å². The minimum Gasteiger partial charge on any atom is -0.356 e. The number of nitrogens with zero attached hydrogens (tertiary/aromatic N) is 2. The Morgan fingerprint density at radius 1 is 1.18 bits per heavy atom. The Balaban J connectivity index is 1.37. The molecule has 1 saturated carbocycles. The van der Waals surface area contributed by atoms with Gasteiger partial charge in [-0.1, -0.05) is 73.2 Å². The first-order valence-electron chi connectivity index (χ1n) is 9.44. The van der Waals surface area contributed by atoms with Gasteiger partial charge in [-0.3, -0.25) is 10.1 Å².